The Labute approximate surface area is 182 Å². The van der Waals surface area contributed by atoms with E-state index in [4.69, 9.17) is 4.74 Å². The fraction of sp³-hybridized carbons (Fsp3) is 0.154. The Morgan fingerprint density at radius 1 is 1.00 bits per heavy atom. The molecule has 5 nitrogen and oxygen atoms in total. The lowest BCUT2D eigenvalue weighted by Crippen LogP contribution is -2.24. The number of nitrogens with one attached hydrogen (secondary N) is 1. The van der Waals surface area contributed by atoms with E-state index in [-0.39, 0.29) is 12.5 Å². The zero-order chi connectivity index (χ0) is 21.6. The summed E-state index contributed by atoms with van der Waals surface area (Å²) < 4.78 is 7.80. The van der Waals surface area contributed by atoms with Gasteiger partial charge in [0, 0.05) is 28.7 Å². The Kier molecular flexibility index (Phi) is 6.13. The second kappa shape index (κ2) is 9.30. The van der Waals surface area contributed by atoms with Gasteiger partial charge in [-0.15, -0.1) is 0 Å². The number of carbonyl (C=O) groups excluding carboxylic acids is 1. The number of para-hydroxylation sites is 1. The molecule has 5 heteroatoms. The van der Waals surface area contributed by atoms with Gasteiger partial charge in [0.1, 0.15) is 5.75 Å². The van der Waals surface area contributed by atoms with E-state index < -0.39 is 0 Å². The summed E-state index contributed by atoms with van der Waals surface area (Å²) in [4.78, 5) is 12.1. The number of aromatic nitrogens is 1. The Morgan fingerprint density at radius 2 is 1.77 bits per heavy atom. The number of hydrogen-bond acceptors (Lipinski definition) is 3. The van der Waals surface area contributed by atoms with Crippen molar-refractivity contribution in [3.63, 3.8) is 0 Å². The van der Waals surface area contributed by atoms with Gasteiger partial charge in [-0.25, -0.2) is 5.43 Å². The Morgan fingerprint density at radius 3 is 2.58 bits per heavy atom. The van der Waals surface area contributed by atoms with Crippen molar-refractivity contribution in [2.45, 2.75) is 20.4 Å². The minimum absolute atomic E-state index is 0.0878. The number of carbonyl (C=O) groups is 1. The first kappa shape index (κ1) is 20.4. The molecule has 0 saturated heterocycles. The van der Waals surface area contributed by atoms with Crippen molar-refractivity contribution < 1.29 is 9.53 Å². The van der Waals surface area contributed by atoms with Gasteiger partial charge >= 0.3 is 0 Å². The summed E-state index contributed by atoms with van der Waals surface area (Å²) in [6.45, 7) is 4.74. The van der Waals surface area contributed by atoms with Crippen molar-refractivity contribution >= 4 is 23.0 Å². The predicted molar refractivity (Wildman–Crippen MR) is 125 cm³/mol. The van der Waals surface area contributed by atoms with Gasteiger partial charge in [-0.2, -0.15) is 5.10 Å². The standard InChI is InChI=1S/C26H25N3O2/c1-19-9-8-12-22(15-19)31-18-26(30)28-27-16-24-20(2)29(17-21-10-4-3-5-11-21)25-14-7-6-13-23(24)25/h3-16H,17-18H2,1-2H3,(H,28,30). The molecule has 0 aliphatic carbocycles. The maximum atomic E-state index is 12.1. The molecule has 1 amide bonds. The fourth-order valence-electron chi connectivity index (χ4n) is 3.65. The van der Waals surface area contributed by atoms with Crippen LogP contribution in [0.15, 0.2) is 84.0 Å². The van der Waals surface area contributed by atoms with E-state index in [1.165, 1.54) is 5.56 Å². The summed E-state index contributed by atoms with van der Waals surface area (Å²) in [6, 6.07) is 26.2. The summed E-state index contributed by atoms with van der Waals surface area (Å²) in [7, 11) is 0. The van der Waals surface area contributed by atoms with E-state index in [0.29, 0.717) is 5.75 Å². The maximum absolute atomic E-state index is 12.1. The van der Waals surface area contributed by atoms with Gasteiger partial charge in [0.2, 0.25) is 0 Å². The number of aryl methyl sites for hydroxylation is 1. The molecule has 0 aliphatic heterocycles. The molecule has 0 aliphatic rings. The average Bonchev–Trinajstić information content (AvgIpc) is 3.04. The van der Waals surface area contributed by atoms with Crippen molar-refractivity contribution in [2.24, 2.45) is 5.10 Å². The van der Waals surface area contributed by atoms with E-state index >= 15 is 0 Å². The van der Waals surface area contributed by atoms with E-state index in [1.54, 1.807) is 6.21 Å². The first-order chi connectivity index (χ1) is 15.1. The summed E-state index contributed by atoms with van der Waals surface area (Å²) in [6.07, 6.45) is 1.71. The first-order valence-corrected chi connectivity index (χ1v) is 10.2. The summed E-state index contributed by atoms with van der Waals surface area (Å²) >= 11 is 0. The van der Waals surface area contributed by atoms with Gasteiger partial charge < -0.3 is 9.30 Å². The average molecular weight is 412 g/mol. The van der Waals surface area contributed by atoms with Crippen LogP contribution in [-0.2, 0) is 11.3 Å². The number of fused-ring (bicyclic) bond motifs is 1. The minimum Gasteiger partial charge on any atom is -0.484 e. The highest BCUT2D eigenvalue weighted by molar-refractivity contribution is 6.01. The number of amides is 1. The van der Waals surface area contributed by atoms with Crippen molar-refractivity contribution in [1.82, 2.24) is 9.99 Å². The highest BCUT2D eigenvalue weighted by Crippen LogP contribution is 2.25. The number of hydrazone groups is 1. The van der Waals surface area contributed by atoms with Crippen LogP contribution >= 0.6 is 0 Å². The quantitative estimate of drug-likeness (QED) is 0.350. The van der Waals surface area contributed by atoms with Gasteiger partial charge in [-0.3, -0.25) is 4.79 Å². The Hall–Kier alpha value is -3.86. The Bertz CT molecular complexity index is 1230. The Balaban J connectivity index is 1.48. The highest BCUT2D eigenvalue weighted by atomic mass is 16.5. The van der Waals surface area contributed by atoms with Crippen LogP contribution in [0.2, 0.25) is 0 Å². The predicted octanol–water partition coefficient (Wildman–Crippen LogP) is 4.84. The third kappa shape index (κ3) is 4.83. The maximum Gasteiger partial charge on any atom is 0.277 e. The van der Waals surface area contributed by atoms with Gasteiger partial charge in [-0.05, 0) is 43.2 Å². The van der Waals surface area contributed by atoms with Gasteiger partial charge in [-0.1, -0.05) is 60.7 Å². The molecule has 0 radical (unpaired) electrons. The fourth-order valence-corrected chi connectivity index (χ4v) is 3.65. The molecule has 0 atom stereocenters. The number of nitrogens with zero attached hydrogens (tertiary/aromatic N) is 2. The third-order valence-corrected chi connectivity index (χ3v) is 5.21. The summed E-state index contributed by atoms with van der Waals surface area (Å²) in [5, 5.41) is 5.29. The third-order valence-electron chi connectivity index (χ3n) is 5.21. The molecule has 1 aromatic heterocycles. The van der Waals surface area contributed by atoms with Crippen LogP contribution in [0.3, 0.4) is 0 Å². The molecule has 1 heterocycles. The monoisotopic (exact) mass is 411 g/mol. The zero-order valence-corrected chi connectivity index (χ0v) is 17.7. The number of hydrogen-bond donors (Lipinski definition) is 1. The van der Waals surface area contributed by atoms with Crippen LogP contribution in [0.4, 0.5) is 0 Å². The van der Waals surface area contributed by atoms with Crippen molar-refractivity contribution in [2.75, 3.05) is 6.61 Å². The van der Waals surface area contributed by atoms with E-state index in [2.05, 4.69) is 46.3 Å². The molecule has 31 heavy (non-hydrogen) atoms. The second-order valence-electron chi connectivity index (χ2n) is 7.49. The molecule has 3 aromatic carbocycles. The second-order valence-corrected chi connectivity index (χ2v) is 7.49. The molecule has 4 rings (SSSR count). The SMILES string of the molecule is Cc1cccc(OCC(=O)NN=Cc2c(C)n(Cc3ccccc3)c3ccccc23)c1. The smallest absolute Gasteiger partial charge is 0.277 e. The number of ether oxygens (including phenoxy) is 1. The molecule has 4 aromatic rings. The van der Waals surface area contributed by atoms with Gasteiger partial charge in [0.25, 0.3) is 5.91 Å². The lowest BCUT2D eigenvalue weighted by atomic mass is 10.1. The van der Waals surface area contributed by atoms with Crippen LogP contribution in [0.25, 0.3) is 10.9 Å². The molecule has 156 valence electrons. The van der Waals surface area contributed by atoms with Crippen LogP contribution in [-0.4, -0.2) is 23.3 Å². The van der Waals surface area contributed by atoms with E-state index in [1.807, 2.05) is 61.5 Å². The summed E-state index contributed by atoms with van der Waals surface area (Å²) in [5.74, 6) is 0.363. The van der Waals surface area contributed by atoms with Crippen LogP contribution in [0, 0.1) is 13.8 Å². The highest BCUT2D eigenvalue weighted by Gasteiger charge is 2.12. The lowest BCUT2D eigenvalue weighted by molar-refractivity contribution is -0.123. The molecule has 0 unspecified atom stereocenters. The topological polar surface area (TPSA) is 55.6 Å². The largest absolute Gasteiger partial charge is 0.484 e. The number of benzene rings is 3. The molecular formula is C26H25N3O2. The molecule has 0 fully saturated rings. The van der Waals surface area contributed by atoms with Crippen LogP contribution in [0.1, 0.15) is 22.4 Å². The molecule has 0 spiro atoms. The van der Waals surface area contributed by atoms with Crippen LogP contribution in [0.5, 0.6) is 5.75 Å². The van der Waals surface area contributed by atoms with Crippen molar-refractivity contribution in [3.05, 3.63) is 101 Å². The first-order valence-electron chi connectivity index (χ1n) is 10.2. The van der Waals surface area contributed by atoms with E-state index in [9.17, 15) is 4.79 Å². The normalized spacial score (nSPS) is 11.2. The summed E-state index contributed by atoms with van der Waals surface area (Å²) in [5.41, 5.74) is 8.10. The zero-order valence-electron chi connectivity index (χ0n) is 17.7. The van der Waals surface area contributed by atoms with Crippen molar-refractivity contribution in [3.8, 4) is 5.75 Å². The lowest BCUT2D eigenvalue weighted by Gasteiger charge is -2.08. The van der Waals surface area contributed by atoms with Gasteiger partial charge in [0.15, 0.2) is 6.61 Å². The van der Waals surface area contributed by atoms with Crippen molar-refractivity contribution in [1.29, 1.82) is 0 Å². The number of rotatable bonds is 7. The molecule has 1 N–H and O–H groups in total. The molecule has 0 bridgehead atoms. The molecular weight excluding hydrogens is 386 g/mol. The van der Waals surface area contributed by atoms with Crippen LogP contribution < -0.4 is 10.2 Å². The van der Waals surface area contributed by atoms with E-state index in [0.717, 1.165) is 34.3 Å². The molecule has 0 saturated carbocycles. The minimum atomic E-state index is -0.302. The van der Waals surface area contributed by atoms with Gasteiger partial charge in [0.05, 0.1) is 6.21 Å².